The molecule has 0 unspecified atom stereocenters. The lowest BCUT2D eigenvalue weighted by atomic mass is 10.3. The van der Waals surface area contributed by atoms with Gasteiger partial charge in [-0.05, 0) is 18.6 Å². The summed E-state index contributed by atoms with van der Waals surface area (Å²) in [5.41, 5.74) is 6.63. The van der Waals surface area contributed by atoms with Crippen molar-refractivity contribution in [2.75, 3.05) is 6.54 Å². The Morgan fingerprint density at radius 1 is 1.29 bits per heavy atom. The maximum atomic E-state index is 9.58. The zero-order valence-electron chi connectivity index (χ0n) is 7.78. The molecule has 3 nitrogen and oxygen atoms in total. The van der Waals surface area contributed by atoms with Crippen LogP contribution >= 0.6 is 0 Å². The van der Waals surface area contributed by atoms with E-state index in [-0.39, 0.29) is 12.4 Å². The number of halogens is 1. The second-order valence-electron chi connectivity index (χ2n) is 3.24. The van der Waals surface area contributed by atoms with Gasteiger partial charge in [-0.1, -0.05) is 12.1 Å². The first kappa shape index (κ1) is 10.9. The van der Waals surface area contributed by atoms with E-state index in [0.717, 1.165) is 30.9 Å². The van der Waals surface area contributed by atoms with Crippen LogP contribution < -0.4 is 18.1 Å². The average molecular weight is 213 g/mol. The fourth-order valence-corrected chi connectivity index (χ4v) is 1.66. The number of nitrogens with two attached hydrogens (primary N) is 1. The van der Waals surface area contributed by atoms with Crippen molar-refractivity contribution < 1.29 is 22.1 Å². The molecule has 1 aromatic carbocycles. The van der Waals surface area contributed by atoms with Gasteiger partial charge in [-0.2, -0.15) is 0 Å². The molecule has 14 heavy (non-hydrogen) atoms. The van der Waals surface area contributed by atoms with Gasteiger partial charge in [-0.3, -0.25) is 5.73 Å². The lowest BCUT2D eigenvalue weighted by Gasteiger charge is -2.03. The molecule has 2 rings (SSSR count). The van der Waals surface area contributed by atoms with Crippen LogP contribution in [-0.2, 0) is 0 Å². The summed E-state index contributed by atoms with van der Waals surface area (Å²) in [6.45, 7) is 0.906. The van der Waals surface area contributed by atoms with E-state index in [1.54, 1.807) is 6.07 Å². The maximum Gasteiger partial charge on any atom is 0.247 e. The quantitative estimate of drug-likeness (QED) is 0.540. The van der Waals surface area contributed by atoms with Crippen molar-refractivity contribution in [2.45, 2.75) is 12.8 Å². The minimum absolute atomic E-state index is 0. The molecule has 1 heterocycles. The predicted molar refractivity (Wildman–Crippen MR) is 51.3 cm³/mol. The van der Waals surface area contributed by atoms with Crippen molar-refractivity contribution in [1.29, 1.82) is 0 Å². The fourth-order valence-electron chi connectivity index (χ4n) is 1.66. The van der Waals surface area contributed by atoms with E-state index in [1.165, 1.54) is 0 Å². The molecule has 0 bridgehead atoms. The molecule has 3 N–H and O–H groups in total. The Kier molecular flexibility index (Phi) is 3.36. The molecule has 4 heteroatoms. The Morgan fingerprint density at radius 2 is 2.00 bits per heavy atom. The van der Waals surface area contributed by atoms with E-state index in [1.807, 2.05) is 22.8 Å². The third kappa shape index (κ3) is 1.82. The van der Waals surface area contributed by atoms with Crippen LogP contribution in [0.15, 0.2) is 24.3 Å². The van der Waals surface area contributed by atoms with Crippen molar-refractivity contribution in [3.05, 3.63) is 24.3 Å². The van der Waals surface area contributed by atoms with Crippen LogP contribution in [0.3, 0.4) is 0 Å². The van der Waals surface area contributed by atoms with Crippen molar-refractivity contribution in [3.63, 3.8) is 0 Å². The van der Waals surface area contributed by atoms with Crippen molar-refractivity contribution in [2.24, 2.45) is 5.73 Å². The minimum Gasteiger partial charge on any atom is -1.00 e. The highest BCUT2D eigenvalue weighted by molar-refractivity contribution is 5.77. The Hall–Kier alpha value is -1.22. The number of amidine groups is 1. The van der Waals surface area contributed by atoms with Gasteiger partial charge in [0.1, 0.15) is 0 Å². The zero-order chi connectivity index (χ0) is 9.26. The molecule has 0 fully saturated rings. The van der Waals surface area contributed by atoms with Gasteiger partial charge in [0.05, 0.1) is 13.0 Å². The summed E-state index contributed by atoms with van der Waals surface area (Å²) in [6, 6.07) is 7.28. The van der Waals surface area contributed by atoms with Gasteiger partial charge in [0, 0.05) is 0 Å². The van der Waals surface area contributed by atoms with E-state index in [0.29, 0.717) is 5.75 Å². The van der Waals surface area contributed by atoms with E-state index >= 15 is 0 Å². The number of aromatic hydroxyl groups is 1. The lowest BCUT2D eigenvalue weighted by molar-refractivity contribution is -0.433. The molecule has 1 aliphatic heterocycles. The maximum absolute atomic E-state index is 9.58. The van der Waals surface area contributed by atoms with E-state index in [4.69, 9.17) is 5.73 Å². The van der Waals surface area contributed by atoms with Crippen LogP contribution in [0.2, 0.25) is 0 Å². The summed E-state index contributed by atoms with van der Waals surface area (Å²) >= 11 is 0. The summed E-state index contributed by atoms with van der Waals surface area (Å²) < 4.78 is 1.97. The zero-order valence-corrected chi connectivity index (χ0v) is 8.54. The van der Waals surface area contributed by atoms with Gasteiger partial charge in [-0.25, -0.2) is 4.58 Å². The SMILES string of the molecule is NC1=[N+](c2ccccc2O)CCC1.[Cl-]. The number of phenols is 1. The van der Waals surface area contributed by atoms with E-state index < -0.39 is 0 Å². The summed E-state index contributed by atoms with van der Waals surface area (Å²) in [5.74, 6) is 1.15. The molecule has 0 saturated heterocycles. The van der Waals surface area contributed by atoms with Crippen LogP contribution in [0.4, 0.5) is 5.69 Å². The van der Waals surface area contributed by atoms with Gasteiger partial charge < -0.3 is 17.5 Å². The smallest absolute Gasteiger partial charge is 0.247 e. The Balaban J connectivity index is 0.000000980. The van der Waals surface area contributed by atoms with Gasteiger partial charge in [0.2, 0.25) is 5.84 Å². The number of hydrogen-bond donors (Lipinski definition) is 2. The second kappa shape index (κ2) is 4.33. The number of hydrogen-bond acceptors (Lipinski definition) is 2. The summed E-state index contributed by atoms with van der Waals surface area (Å²) in [5, 5.41) is 9.58. The topological polar surface area (TPSA) is 49.3 Å². The molecule has 76 valence electrons. The third-order valence-electron chi connectivity index (χ3n) is 2.33. The Morgan fingerprint density at radius 3 is 2.57 bits per heavy atom. The largest absolute Gasteiger partial charge is 1.00 e. The predicted octanol–water partition coefficient (Wildman–Crippen LogP) is -1.81. The normalized spacial score (nSPS) is 15.4. The molecule has 0 aliphatic carbocycles. The molecule has 0 spiro atoms. The molecule has 1 aromatic rings. The van der Waals surface area contributed by atoms with Crippen LogP contribution in [-0.4, -0.2) is 22.1 Å². The molecule has 0 atom stereocenters. The summed E-state index contributed by atoms with van der Waals surface area (Å²) in [6.07, 6.45) is 1.99. The molecular formula is C10H13ClN2O. The van der Waals surface area contributed by atoms with Crippen molar-refractivity contribution in [1.82, 2.24) is 0 Å². The first-order valence-electron chi connectivity index (χ1n) is 4.46. The number of benzene rings is 1. The van der Waals surface area contributed by atoms with Gasteiger partial charge in [-0.15, -0.1) is 0 Å². The molecule has 1 aliphatic rings. The number of phenolic OH excluding ortho intramolecular Hbond substituents is 1. The molecule has 0 aromatic heterocycles. The van der Waals surface area contributed by atoms with Gasteiger partial charge in [0.15, 0.2) is 11.4 Å². The highest BCUT2D eigenvalue weighted by Crippen LogP contribution is 2.26. The molecule has 0 amide bonds. The minimum atomic E-state index is 0. The monoisotopic (exact) mass is 212 g/mol. The van der Waals surface area contributed by atoms with Gasteiger partial charge >= 0.3 is 0 Å². The summed E-state index contributed by atoms with van der Waals surface area (Å²) in [4.78, 5) is 0. The second-order valence-corrected chi connectivity index (χ2v) is 3.24. The van der Waals surface area contributed by atoms with Crippen LogP contribution in [0, 0.1) is 0 Å². The van der Waals surface area contributed by atoms with E-state index in [2.05, 4.69) is 0 Å². The Bertz CT molecular complexity index is 363. The number of para-hydroxylation sites is 2. The highest BCUT2D eigenvalue weighted by Gasteiger charge is 2.20. The van der Waals surface area contributed by atoms with Crippen molar-refractivity contribution in [3.8, 4) is 5.75 Å². The molecular weight excluding hydrogens is 200 g/mol. The highest BCUT2D eigenvalue weighted by atomic mass is 35.5. The molecule has 0 radical (unpaired) electrons. The van der Waals surface area contributed by atoms with Crippen molar-refractivity contribution >= 4 is 11.5 Å². The average Bonchev–Trinajstić information content (AvgIpc) is 2.52. The van der Waals surface area contributed by atoms with Gasteiger partial charge in [0.25, 0.3) is 0 Å². The van der Waals surface area contributed by atoms with Crippen LogP contribution in [0.1, 0.15) is 12.8 Å². The number of nitrogens with zero attached hydrogens (tertiary/aromatic N) is 1. The molecule has 0 saturated carbocycles. The summed E-state index contributed by atoms with van der Waals surface area (Å²) in [7, 11) is 0. The Labute approximate surface area is 89.3 Å². The third-order valence-corrected chi connectivity index (χ3v) is 2.33. The van der Waals surface area contributed by atoms with Crippen LogP contribution in [0.5, 0.6) is 5.75 Å². The van der Waals surface area contributed by atoms with Crippen LogP contribution in [0.25, 0.3) is 0 Å². The number of rotatable bonds is 1. The van der Waals surface area contributed by atoms with E-state index in [9.17, 15) is 5.11 Å². The standard InChI is InChI=1S/C10H12N2O.ClH/c11-10-6-3-7-12(10)8-4-1-2-5-9(8)13;/h1-2,4-5,11,13H,3,6-7H2;1H. The fraction of sp³-hybridized carbons (Fsp3) is 0.300. The first-order valence-corrected chi connectivity index (χ1v) is 4.46. The first-order chi connectivity index (χ1) is 6.29. The lowest BCUT2D eigenvalue weighted by Crippen LogP contribution is -3.00.